The number of hydrogen-bond acceptors (Lipinski definition) is 2. The Morgan fingerprint density at radius 2 is 2.43 bits per heavy atom. The fourth-order valence-corrected chi connectivity index (χ4v) is 2.26. The molecule has 0 amide bonds. The first kappa shape index (κ1) is 9.81. The van der Waals surface area contributed by atoms with Crippen molar-refractivity contribution in [1.29, 1.82) is 0 Å². The van der Waals surface area contributed by atoms with E-state index < -0.39 is 0 Å². The third kappa shape index (κ3) is 1.86. The van der Waals surface area contributed by atoms with Gasteiger partial charge in [0, 0.05) is 6.54 Å². The van der Waals surface area contributed by atoms with E-state index in [1.807, 2.05) is 19.2 Å². The van der Waals surface area contributed by atoms with Crippen LogP contribution < -0.4 is 10.6 Å². The van der Waals surface area contributed by atoms with Gasteiger partial charge in [-0.25, -0.2) is 0 Å². The fourth-order valence-electron chi connectivity index (χ4n) is 2.00. The van der Waals surface area contributed by atoms with E-state index >= 15 is 0 Å². The Hall–Kier alpha value is -0.730. The molecule has 0 spiro atoms. The second-order valence-corrected chi connectivity index (χ2v) is 4.19. The van der Waals surface area contributed by atoms with E-state index in [1.165, 1.54) is 5.56 Å². The molecule has 76 valence electrons. The van der Waals surface area contributed by atoms with E-state index in [4.69, 9.17) is 11.6 Å². The molecule has 2 nitrogen and oxygen atoms in total. The Morgan fingerprint density at radius 1 is 1.57 bits per heavy atom. The molecule has 0 bridgehead atoms. The molecule has 2 N–H and O–H groups in total. The monoisotopic (exact) mass is 210 g/mol. The minimum atomic E-state index is 0.672. The lowest BCUT2D eigenvalue weighted by atomic mass is 9.94. The van der Waals surface area contributed by atoms with Crippen LogP contribution in [-0.4, -0.2) is 20.1 Å². The molecule has 0 saturated carbocycles. The van der Waals surface area contributed by atoms with Crippen LogP contribution in [0.3, 0.4) is 0 Å². The van der Waals surface area contributed by atoms with Crippen LogP contribution in [0.5, 0.6) is 0 Å². The molecule has 0 radical (unpaired) electrons. The van der Waals surface area contributed by atoms with Gasteiger partial charge in [-0.1, -0.05) is 23.7 Å². The van der Waals surface area contributed by atoms with Crippen molar-refractivity contribution in [2.24, 2.45) is 5.92 Å². The van der Waals surface area contributed by atoms with Crippen molar-refractivity contribution in [2.45, 2.75) is 6.42 Å². The average Bonchev–Trinajstić information content (AvgIpc) is 2.18. The van der Waals surface area contributed by atoms with Crippen LogP contribution in [0.15, 0.2) is 18.2 Å². The molecule has 3 heteroatoms. The standard InChI is InChI=1S/C11H15ClN2/c1-13-6-8-5-9-3-2-4-10(12)11(9)14-7-8/h2-4,8,13-14H,5-7H2,1H3. The summed E-state index contributed by atoms with van der Waals surface area (Å²) in [6.45, 7) is 2.07. The van der Waals surface area contributed by atoms with Crippen molar-refractivity contribution >= 4 is 17.3 Å². The Labute approximate surface area is 89.7 Å². The van der Waals surface area contributed by atoms with Crippen LogP contribution in [0.2, 0.25) is 5.02 Å². The summed E-state index contributed by atoms with van der Waals surface area (Å²) in [4.78, 5) is 0. The number of para-hydroxylation sites is 1. The molecule has 2 rings (SSSR count). The van der Waals surface area contributed by atoms with Gasteiger partial charge in [-0.15, -0.1) is 0 Å². The summed E-state index contributed by atoms with van der Waals surface area (Å²) in [5.41, 5.74) is 2.46. The van der Waals surface area contributed by atoms with Crippen molar-refractivity contribution in [1.82, 2.24) is 5.32 Å². The smallest absolute Gasteiger partial charge is 0.0640 e. The third-order valence-corrected chi connectivity index (χ3v) is 2.98. The fraction of sp³-hybridized carbons (Fsp3) is 0.455. The lowest BCUT2D eigenvalue weighted by Crippen LogP contribution is -2.30. The van der Waals surface area contributed by atoms with E-state index in [-0.39, 0.29) is 0 Å². The Kier molecular flexibility index (Phi) is 2.94. The van der Waals surface area contributed by atoms with Crippen LogP contribution in [0.4, 0.5) is 5.69 Å². The summed E-state index contributed by atoms with van der Waals surface area (Å²) in [6.07, 6.45) is 1.11. The van der Waals surface area contributed by atoms with E-state index in [2.05, 4.69) is 16.7 Å². The lowest BCUT2D eigenvalue weighted by molar-refractivity contribution is 0.508. The van der Waals surface area contributed by atoms with Gasteiger partial charge in [-0.3, -0.25) is 0 Å². The second-order valence-electron chi connectivity index (χ2n) is 3.78. The molecule has 1 heterocycles. The molecule has 0 saturated heterocycles. The SMILES string of the molecule is CNCC1CNc2c(Cl)cccc2C1. The molecule has 1 aliphatic heterocycles. The predicted octanol–water partition coefficient (Wildman–Crippen LogP) is 2.14. The quantitative estimate of drug-likeness (QED) is 0.782. The maximum absolute atomic E-state index is 6.09. The van der Waals surface area contributed by atoms with Gasteiger partial charge in [0.25, 0.3) is 0 Å². The zero-order valence-electron chi connectivity index (χ0n) is 8.31. The largest absolute Gasteiger partial charge is 0.383 e. The molecular weight excluding hydrogens is 196 g/mol. The minimum absolute atomic E-state index is 0.672. The topological polar surface area (TPSA) is 24.1 Å². The lowest BCUT2D eigenvalue weighted by Gasteiger charge is -2.26. The van der Waals surface area contributed by atoms with Gasteiger partial charge in [-0.05, 0) is 37.6 Å². The number of fused-ring (bicyclic) bond motifs is 1. The third-order valence-electron chi connectivity index (χ3n) is 2.67. The Morgan fingerprint density at radius 3 is 3.21 bits per heavy atom. The molecule has 0 aromatic heterocycles. The van der Waals surface area contributed by atoms with Crippen LogP contribution in [-0.2, 0) is 6.42 Å². The highest BCUT2D eigenvalue weighted by Gasteiger charge is 2.18. The molecule has 1 atom stereocenters. The summed E-state index contributed by atoms with van der Waals surface area (Å²) in [7, 11) is 1.99. The van der Waals surface area contributed by atoms with Crippen LogP contribution in [0, 0.1) is 5.92 Å². The molecule has 0 aliphatic carbocycles. The summed E-state index contributed by atoms with van der Waals surface area (Å²) < 4.78 is 0. The molecule has 14 heavy (non-hydrogen) atoms. The van der Waals surface area contributed by atoms with E-state index in [0.717, 1.165) is 30.2 Å². The van der Waals surface area contributed by atoms with Gasteiger partial charge in [-0.2, -0.15) is 0 Å². The molecule has 0 fully saturated rings. The molecule has 1 aromatic rings. The summed E-state index contributed by atoms with van der Waals surface area (Å²) >= 11 is 6.09. The van der Waals surface area contributed by atoms with Crippen LogP contribution in [0.1, 0.15) is 5.56 Å². The van der Waals surface area contributed by atoms with Gasteiger partial charge in [0.2, 0.25) is 0 Å². The number of hydrogen-bond donors (Lipinski definition) is 2. The van der Waals surface area contributed by atoms with E-state index in [0.29, 0.717) is 5.92 Å². The Balaban J connectivity index is 2.18. The average molecular weight is 211 g/mol. The van der Waals surface area contributed by atoms with Crippen LogP contribution >= 0.6 is 11.6 Å². The summed E-state index contributed by atoms with van der Waals surface area (Å²) in [5, 5.41) is 7.44. The van der Waals surface area contributed by atoms with Crippen molar-refractivity contribution in [3.63, 3.8) is 0 Å². The van der Waals surface area contributed by atoms with Crippen molar-refractivity contribution in [3.05, 3.63) is 28.8 Å². The Bertz CT molecular complexity index is 325. The van der Waals surface area contributed by atoms with Gasteiger partial charge >= 0.3 is 0 Å². The zero-order valence-corrected chi connectivity index (χ0v) is 9.06. The summed E-state index contributed by atoms with van der Waals surface area (Å²) in [6, 6.07) is 6.10. The molecule has 1 unspecified atom stereocenters. The van der Waals surface area contributed by atoms with Crippen molar-refractivity contribution in [2.75, 3.05) is 25.5 Å². The zero-order chi connectivity index (χ0) is 9.97. The molecule has 1 aromatic carbocycles. The maximum atomic E-state index is 6.09. The number of benzene rings is 1. The first-order valence-electron chi connectivity index (χ1n) is 4.97. The van der Waals surface area contributed by atoms with Gasteiger partial charge in [0.1, 0.15) is 0 Å². The van der Waals surface area contributed by atoms with E-state index in [9.17, 15) is 0 Å². The highest BCUT2D eigenvalue weighted by Crippen LogP contribution is 2.31. The number of halogens is 1. The first-order valence-corrected chi connectivity index (χ1v) is 5.35. The predicted molar refractivity (Wildman–Crippen MR) is 61.1 cm³/mol. The normalized spacial score (nSPS) is 20.0. The van der Waals surface area contributed by atoms with Crippen molar-refractivity contribution < 1.29 is 0 Å². The number of nitrogens with one attached hydrogen (secondary N) is 2. The molecule has 1 aliphatic rings. The molecular formula is C11H15ClN2. The van der Waals surface area contributed by atoms with Gasteiger partial charge in [0.05, 0.1) is 10.7 Å². The minimum Gasteiger partial charge on any atom is -0.383 e. The summed E-state index contributed by atoms with van der Waals surface area (Å²) in [5.74, 6) is 0.672. The van der Waals surface area contributed by atoms with Gasteiger partial charge < -0.3 is 10.6 Å². The maximum Gasteiger partial charge on any atom is 0.0640 e. The highest BCUT2D eigenvalue weighted by molar-refractivity contribution is 6.33. The van der Waals surface area contributed by atoms with Crippen molar-refractivity contribution in [3.8, 4) is 0 Å². The van der Waals surface area contributed by atoms with Crippen LogP contribution in [0.25, 0.3) is 0 Å². The van der Waals surface area contributed by atoms with Gasteiger partial charge in [0.15, 0.2) is 0 Å². The van der Waals surface area contributed by atoms with E-state index in [1.54, 1.807) is 0 Å². The second kappa shape index (κ2) is 4.20. The first-order chi connectivity index (χ1) is 6.81. The number of rotatable bonds is 2. The number of anilines is 1. The highest BCUT2D eigenvalue weighted by atomic mass is 35.5.